The van der Waals surface area contributed by atoms with Crippen LogP contribution in [-0.2, 0) is 6.42 Å². The number of phenols is 1. The number of esters is 2. The summed E-state index contributed by atoms with van der Waals surface area (Å²) in [5, 5.41) is 11.7. The molecule has 5 aromatic rings. The fourth-order valence-corrected chi connectivity index (χ4v) is 7.08. The molecule has 1 heterocycles. The summed E-state index contributed by atoms with van der Waals surface area (Å²) in [6.45, 7) is 3.89. The van der Waals surface area contributed by atoms with Crippen LogP contribution in [0.15, 0.2) is 97.6 Å². The van der Waals surface area contributed by atoms with Crippen LogP contribution in [0.4, 0.5) is 0 Å². The molecule has 0 radical (unpaired) electrons. The van der Waals surface area contributed by atoms with Crippen LogP contribution in [0.3, 0.4) is 0 Å². The van der Waals surface area contributed by atoms with Gasteiger partial charge in [0.25, 0.3) is 0 Å². The van der Waals surface area contributed by atoms with Crippen LogP contribution in [0, 0.1) is 0 Å². The van der Waals surface area contributed by atoms with Crippen LogP contribution in [0.2, 0.25) is 20.1 Å². The average Bonchev–Trinajstić information content (AvgIpc) is 3.48. The molecule has 1 N–H and O–H groups in total. The van der Waals surface area contributed by atoms with Gasteiger partial charge in [-0.1, -0.05) is 76.7 Å². The largest absolute Gasteiger partial charge is 0.504 e. The van der Waals surface area contributed by atoms with Gasteiger partial charge in [-0.3, -0.25) is 0 Å². The standard InChI is InChI=1S/C39H28Cl4O8/c1-4-7-25-33-30(19-31(48-3)36(25)44)51-37(20-12-14-22(47-2)15-13-20)32(33)21-16-23(49-38(45)34-26(40)8-5-9-27(34)41)18-24(17-21)50-39(46)35-28(42)10-6-11-29(35)43/h4-6,8-19,32,37,44H,1,7H2,2-3H3/t32-,37+/m0/s1. The van der Waals surface area contributed by atoms with E-state index in [0.717, 1.165) is 5.56 Å². The Balaban J connectivity index is 1.55. The van der Waals surface area contributed by atoms with Crippen molar-refractivity contribution in [2.45, 2.75) is 18.4 Å². The maximum Gasteiger partial charge on any atom is 0.346 e. The molecule has 51 heavy (non-hydrogen) atoms. The van der Waals surface area contributed by atoms with Gasteiger partial charge in [-0.15, -0.1) is 6.58 Å². The number of hydrogen-bond acceptors (Lipinski definition) is 8. The van der Waals surface area contributed by atoms with E-state index in [-0.39, 0.29) is 60.6 Å². The van der Waals surface area contributed by atoms with Gasteiger partial charge < -0.3 is 28.8 Å². The lowest BCUT2D eigenvalue weighted by atomic mass is 9.82. The van der Waals surface area contributed by atoms with Crippen LogP contribution in [0.25, 0.3) is 0 Å². The van der Waals surface area contributed by atoms with Gasteiger partial charge in [0, 0.05) is 23.3 Å². The number of aromatic hydroxyl groups is 1. The van der Waals surface area contributed by atoms with E-state index in [1.807, 2.05) is 12.1 Å². The third-order valence-electron chi connectivity index (χ3n) is 8.27. The smallest absolute Gasteiger partial charge is 0.346 e. The lowest BCUT2D eigenvalue weighted by Gasteiger charge is -2.23. The van der Waals surface area contributed by atoms with Gasteiger partial charge in [-0.25, -0.2) is 9.59 Å². The molecule has 0 aromatic heterocycles. The zero-order valence-electron chi connectivity index (χ0n) is 27.0. The van der Waals surface area contributed by atoms with Crippen LogP contribution in [0.1, 0.15) is 55.0 Å². The van der Waals surface area contributed by atoms with Gasteiger partial charge in [-0.05, 0) is 66.1 Å². The molecule has 1 aliphatic heterocycles. The highest BCUT2D eigenvalue weighted by atomic mass is 35.5. The Hall–Kier alpha value is -4.86. The maximum atomic E-state index is 13.5. The number of rotatable bonds is 10. The number of fused-ring (bicyclic) bond motifs is 1. The number of benzene rings is 5. The van der Waals surface area contributed by atoms with E-state index in [2.05, 4.69) is 6.58 Å². The van der Waals surface area contributed by atoms with E-state index in [1.165, 1.54) is 37.4 Å². The first-order valence-electron chi connectivity index (χ1n) is 15.4. The predicted molar refractivity (Wildman–Crippen MR) is 196 cm³/mol. The molecule has 0 bridgehead atoms. The summed E-state index contributed by atoms with van der Waals surface area (Å²) in [5.74, 6) is -1.17. The molecule has 2 atom stereocenters. The van der Waals surface area contributed by atoms with Gasteiger partial charge in [0.2, 0.25) is 0 Å². The Labute approximate surface area is 313 Å². The highest BCUT2D eigenvalue weighted by Gasteiger charge is 2.41. The average molecular weight is 766 g/mol. The minimum Gasteiger partial charge on any atom is -0.504 e. The second kappa shape index (κ2) is 15.2. The topological polar surface area (TPSA) is 101 Å². The van der Waals surface area contributed by atoms with Gasteiger partial charge in [-0.2, -0.15) is 0 Å². The molecule has 0 aliphatic carbocycles. The normalized spacial score (nSPS) is 14.6. The zero-order chi connectivity index (χ0) is 36.4. The summed E-state index contributed by atoms with van der Waals surface area (Å²) in [7, 11) is 3.01. The Kier molecular flexibility index (Phi) is 10.7. The van der Waals surface area contributed by atoms with Gasteiger partial charge in [0.15, 0.2) is 11.5 Å². The lowest BCUT2D eigenvalue weighted by molar-refractivity contribution is 0.0733. The number of carbonyl (C=O) groups excluding carboxylic acids is 2. The predicted octanol–water partition coefficient (Wildman–Crippen LogP) is 10.5. The number of methoxy groups -OCH3 is 2. The Bertz CT molecular complexity index is 2040. The fourth-order valence-electron chi connectivity index (χ4n) is 5.98. The molecule has 0 spiro atoms. The molecule has 6 rings (SSSR count). The van der Waals surface area contributed by atoms with E-state index >= 15 is 0 Å². The number of phenolic OH excluding ortho intramolecular Hbond substituents is 1. The van der Waals surface area contributed by atoms with Crippen molar-refractivity contribution in [2.75, 3.05) is 14.2 Å². The summed E-state index contributed by atoms with van der Waals surface area (Å²) < 4.78 is 29.1. The van der Waals surface area contributed by atoms with E-state index in [4.69, 9.17) is 70.1 Å². The number of carbonyl (C=O) groups is 2. The molecule has 1 aliphatic rings. The molecule has 0 amide bonds. The van der Waals surface area contributed by atoms with Crippen LogP contribution in [-0.4, -0.2) is 31.3 Å². The molecule has 0 fully saturated rings. The molecule has 5 aromatic carbocycles. The second-order valence-electron chi connectivity index (χ2n) is 11.3. The molecular weight excluding hydrogens is 738 g/mol. The van der Waals surface area contributed by atoms with E-state index < -0.39 is 24.0 Å². The Morgan fingerprint density at radius 3 is 1.75 bits per heavy atom. The quantitative estimate of drug-likeness (QED) is 0.0852. The monoisotopic (exact) mass is 764 g/mol. The Morgan fingerprint density at radius 2 is 1.27 bits per heavy atom. The van der Waals surface area contributed by atoms with Crippen molar-refractivity contribution in [3.8, 4) is 34.5 Å². The fraction of sp³-hybridized carbons (Fsp3) is 0.128. The molecule has 0 saturated heterocycles. The van der Waals surface area contributed by atoms with Crippen molar-refractivity contribution in [2.24, 2.45) is 0 Å². The van der Waals surface area contributed by atoms with Crippen LogP contribution < -0.4 is 23.7 Å². The lowest BCUT2D eigenvalue weighted by Crippen LogP contribution is -2.15. The van der Waals surface area contributed by atoms with E-state index in [0.29, 0.717) is 28.2 Å². The molecular formula is C39H28Cl4O8. The van der Waals surface area contributed by atoms with E-state index in [1.54, 1.807) is 55.7 Å². The van der Waals surface area contributed by atoms with E-state index in [9.17, 15) is 14.7 Å². The third kappa shape index (κ3) is 7.18. The van der Waals surface area contributed by atoms with Crippen molar-refractivity contribution in [1.29, 1.82) is 0 Å². The van der Waals surface area contributed by atoms with Crippen LogP contribution >= 0.6 is 46.4 Å². The minimum absolute atomic E-state index is 0.00789. The van der Waals surface area contributed by atoms with Crippen molar-refractivity contribution >= 4 is 58.3 Å². The SMILES string of the molecule is C=CCc1c(O)c(OC)cc2c1[C@H](c1cc(OC(=O)c3c(Cl)cccc3Cl)cc(OC(=O)c3c(Cl)cccc3Cl)c1)[C@@H](c1ccc(OC)cc1)O2. The van der Waals surface area contributed by atoms with Gasteiger partial charge >= 0.3 is 11.9 Å². The second-order valence-corrected chi connectivity index (χ2v) is 12.9. The van der Waals surface area contributed by atoms with Crippen molar-refractivity contribution in [3.63, 3.8) is 0 Å². The minimum atomic E-state index is -0.848. The summed E-state index contributed by atoms with van der Waals surface area (Å²) in [6, 6.07) is 22.7. The first-order chi connectivity index (χ1) is 24.5. The van der Waals surface area contributed by atoms with Crippen molar-refractivity contribution in [1.82, 2.24) is 0 Å². The first kappa shape index (κ1) is 35.9. The molecule has 12 heteroatoms. The van der Waals surface area contributed by atoms with Gasteiger partial charge in [0.1, 0.15) is 29.1 Å². The number of halogens is 4. The van der Waals surface area contributed by atoms with Crippen molar-refractivity contribution in [3.05, 3.63) is 151 Å². The number of hydrogen-bond donors (Lipinski definition) is 1. The van der Waals surface area contributed by atoms with Crippen molar-refractivity contribution < 1.29 is 38.4 Å². The summed E-state index contributed by atoms with van der Waals surface area (Å²) in [6.07, 6.45) is 1.22. The maximum absolute atomic E-state index is 13.5. The molecule has 8 nitrogen and oxygen atoms in total. The summed E-state index contributed by atoms with van der Waals surface area (Å²) in [5.41, 5.74) is 2.27. The summed E-state index contributed by atoms with van der Waals surface area (Å²) in [4.78, 5) is 27.0. The molecule has 0 unspecified atom stereocenters. The first-order valence-corrected chi connectivity index (χ1v) is 16.9. The third-order valence-corrected chi connectivity index (χ3v) is 9.53. The van der Waals surface area contributed by atoms with Crippen LogP contribution in [0.5, 0.6) is 34.5 Å². The zero-order valence-corrected chi connectivity index (χ0v) is 30.1. The van der Waals surface area contributed by atoms with Gasteiger partial charge in [0.05, 0.1) is 51.4 Å². The molecule has 0 saturated carbocycles. The highest BCUT2D eigenvalue weighted by molar-refractivity contribution is 6.40. The number of ether oxygens (including phenoxy) is 5. The summed E-state index contributed by atoms with van der Waals surface area (Å²) >= 11 is 25.3. The number of allylic oxidation sites excluding steroid dienone is 1. The Morgan fingerprint density at radius 1 is 0.745 bits per heavy atom. The highest BCUT2D eigenvalue weighted by Crippen LogP contribution is 2.56. The molecule has 260 valence electrons.